The maximum absolute atomic E-state index is 10.5. The first-order chi connectivity index (χ1) is 7.11. The van der Waals surface area contributed by atoms with Gasteiger partial charge < -0.3 is 5.11 Å². The van der Waals surface area contributed by atoms with E-state index >= 15 is 0 Å². The van der Waals surface area contributed by atoms with Crippen molar-refractivity contribution in [1.29, 1.82) is 0 Å². The van der Waals surface area contributed by atoms with Gasteiger partial charge >= 0.3 is 5.97 Å². The van der Waals surface area contributed by atoms with Crippen LogP contribution < -0.4 is 0 Å². The van der Waals surface area contributed by atoms with E-state index in [0.717, 1.165) is 0 Å². The van der Waals surface area contributed by atoms with Gasteiger partial charge in [-0.3, -0.25) is 14.9 Å². The van der Waals surface area contributed by atoms with Crippen LogP contribution in [0.3, 0.4) is 0 Å². The van der Waals surface area contributed by atoms with Gasteiger partial charge in [-0.15, -0.1) is 0 Å². The molecule has 0 saturated carbocycles. The molecule has 1 heterocycles. The zero-order valence-electron chi connectivity index (χ0n) is 7.66. The molecule has 0 amide bonds. The number of rotatable bonds is 4. The summed E-state index contributed by atoms with van der Waals surface area (Å²) in [6, 6.07) is 2.76. The number of nitro groups is 1. The highest BCUT2D eigenvalue weighted by Crippen LogP contribution is 2.16. The monoisotopic (exact) mass is 208 g/mol. The molecule has 1 rings (SSSR count). The standard InChI is InChI=1S/C9H8N2O4/c12-9(13)5-1-3-7-8(11(14)15)4-2-6-10-7/h1-4,6H,5H2,(H,12,13). The SMILES string of the molecule is O=C(O)CC=Cc1ncccc1[N+](=O)[O-]. The lowest BCUT2D eigenvalue weighted by atomic mass is 10.2. The maximum Gasteiger partial charge on any atom is 0.307 e. The number of aliphatic carboxylic acids is 1. The molecule has 1 aromatic heterocycles. The van der Waals surface area contributed by atoms with Crippen molar-refractivity contribution in [3.8, 4) is 0 Å². The summed E-state index contributed by atoms with van der Waals surface area (Å²) in [4.78, 5) is 24.0. The van der Waals surface area contributed by atoms with Crippen LogP contribution in [0.15, 0.2) is 24.4 Å². The molecule has 0 atom stereocenters. The minimum absolute atomic E-state index is 0.140. The van der Waals surface area contributed by atoms with Crippen LogP contribution in [0, 0.1) is 10.1 Å². The van der Waals surface area contributed by atoms with Gasteiger partial charge in [0.05, 0.1) is 11.3 Å². The number of aromatic nitrogens is 1. The third-order valence-corrected chi connectivity index (χ3v) is 1.58. The predicted molar refractivity (Wildman–Crippen MR) is 52.2 cm³/mol. The summed E-state index contributed by atoms with van der Waals surface area (Å²) in [6.07, 6.45) is 3.87. The molecule has 6 nitrogen and oxygen atoms in total. The average molecular weight is 208 g/mol. The fourth-order valence-corrected chi connectivity index (χ4v) is 0.963. The first-order valence-electron chi connectivity index (χ1n) is 4.09. The number of carboxylic acid groups (broad SMARTS) is 1. The van der Waals surface area contributed by atoms with Crippen molar-refractivity contribution < 1.29 is 14.8 Å². The number of pyridine rings is 1. The van der Waals surface area contributed by atoms with E-state index in [0.29, 0.717) is 0 Å². The van der Waals surface area contributed by atoms with Gasteiger partial charge in [-0.25, -0.2) is 4.98 Å². The summed E-state index contributed by atoms with van der Waals surface area (Å²) in [6.45, 7) is 0. The zero-order valence-corrected chi connectivity index (χ0v) is 7.66. The van der Waals surface area contributed by atoms with Crippen LogP contribution in [0.5, 0.6) is 0 Å². The van der Waals surface area contributed by atoms with Gasteiger partial charge in [0.25, 0.3) is 5.69 Å². The van der Waals surface area contributed by atoms with Gasteiger partial charge in [0.2, 0.25) is 0 Å². The van der Waals surface area contributed by atoms with Crippen molar-refractivity contribution in [3.63, 3.8) is 0 Å². The van der Waals surface area contributed by atoms with Crippen LogP contribution in [0.2, 0.25) is 0 Å². The first kappa shape index (κ1) is 10.8. The molecule has 0 spiro atoms. The number of hydrogen-bond donors (Lipinski definition) is 1. The van der Waals surface area contributed by atoms with Crippen molar-refractivity contribution >= 4 is 17.7 Å². The Morgan fingerprint density at radius 1 is 1.67 bits per heavy atom. The highest BCUT2D eigenvalue weighted by Gasteiger charge is 2.10. The molecule has 78 valence electrons. The molecular weight excluding hydrogens is 200 g/mol. The van der Waals surface area contributed by atoms with Crippen molar-refractivity contribution in [2.75, 3.05) is 0 Å². The lowest BCUT2D eigenvalue weighted by Crippen LogP contribution is -1.94. The van der Waals surface area contributed by atoms with E-state index in [-0.39, 0.29) is 17.8 Å². The van der Waals surface area contributed by atoms with Gasteiger partial charge in [-0.2, -0.15) is 0 Å². The van der Waals surface area contributed by atoms with Gasteiger partial charge in [0, 0.05) is 12.3 Å². The Morgan fingerprint density at radius 2 is 2.40 bits per heavy atom. The Labute approximate surface area is 85.0 Å². The number of hydrogen-bond acceptors (Lipinski definition) is 4. The molecular formula is C9H8N2O4. The normalized spacial score (nSPS) is 10.4. The minimum atomic E-state index is -0.996. The Balaban J connectivity index is 2.89. The molecule has 0 bridgehead atoms. The lowest BCUT2D eigenvalue weighted by Gasteiger charge is -1.94. The fraction of sp³-hybridized carbons (Fsp3) is 0.111. The summed E-state index contributed by atoms with van der Waals surface area (Å²) < 4.78 is 0. The average Bonchev–Trinajstić information content (AvgIpc) is 2.17. The molecule has 0 aliphatic carbocycles. The largest absolute Gasteiger partial charge is 0.481 e. The Hall–Kier alpha value is -2.24. The van der Waals surface area contributed by atoms with Crippen LogP contribution in [-0.4, -0.2) is 21.0 Å². The van der Waals surface area contributed by atoms with E-state index in [1.807, 2.05) is 0 Å². The van der Waals surface area contributed by atoms with Gasteiger partial charge in [-0.05, 0) is 12.1 Å². The second-order valence-corrected chi connectivity index (χ2v) is 2.67. The summed E-state index contributed by atoms with van der Waals surface area (Å²) in [7, 11) is 0. The summed E-state index contributed by atoms with van der Waals surface area (Å²) in [5.74, 6) is -0.996. The predicted octanol–water partition coefficient (Wildman–Crippen LogP) is 1.48. The summed E-state index contributed by atoms with van der Waals surface area (Å²) >= 11 is 0. The number of nitrogens with zero attached hydrogens (tertiary/aromatic N) is 2. The Morgan fingerprint density at radius 3 is 3.00 bits per heavy atom. The van der Waals surface area contributed by atoms with E-state index in [4.69, 9.17) is 5.11 Å². The number of carboxylic acids is 1. The molecule has 0 aliphatic heterocycles. The fourth-order valence-electron chi connectivity index (χ4n) is 0.963. The molecule has 1 N–H and O–H groups in total. The van der Waals surface area contributed by atoms with Crippen LogP contribution in [-0.2, 0) is 4.79 Å². The highest BCUT2D eigenvalue weighted by atomic mass is 16.6. The quantitative estimate of drug-likeness (QED) is 0.597. The molecule has 0 aromatic carbocycles. The van der Waals surface area contributed by atoms with E-state index in [9.17, 15) is 14.9 Å². The third kappa shape index (κ3) is 3.18. The van der Waals surface area contributed by atoms with Crippen molar-refractivity contribution in [3.05, 3.63) is 40.2 Å². The van der Waals surface area contributed by atoms with Gasteiger partial charge in [0.1, 0.15) is 5.69 Å². The number of carbonyl (C=O) groups is 1. The third-order valence-electron chi connectivity index (χ3n) is 1.58. The van der Waals surface area contributed by atoms with Crippen LogP contribution >= 0.6 is 0 Å². The molecule has 15 heavy (non-hydrogen) atoms. The second kappa shape index (κ2) is 4.85. The van der Waals surface area contributed by atoms with Crippen molar-refractivity contribution in [2.24, 2.45) is 0 Å². The zero-order chi connectivity index (χ0) is 11.3. The van der Waals surface area contributed by atoms with Crippen LogP contribution in [0.25, 0.3) is 6.08 Å². The Bertz CT molecular complexity index is 414. The Kier molecular flexibility index (Phi) is 3.50. The summed E-state index contributed by atoms with van der Waals surface area (Å²) in [5.41, 5.74) is 0.0166. The molecule has 0 unspecified atom stereocenters. The molecule has 0 radical (unpaired) electrons. The van der Waals surface area contributed by atoms with E-state index in [1.54, 1.807) is 0 Å². The first-order valence-corrected chi connectivity index (χ1v) is 4.09. The molecule has 0 aliphatic rings. The topological polar surface area (TPSA) is 93.3 Å². The van der Waals surface area contributed by atoms with Crippen molar-refractivity contribution in [2.45, 2.75) is 6.42 Å². The summed E-state index contributed by atoms with van der Waals surface area (Å²) in [5, 5.41) is 18.9. The lowest BCUT2D eigenvalue weighted by molar-refractivity contribution is -0.385. The van der Waals surface area contributed by atoms with E-state index in [1.165, 1.54) is 30.5 Å². The van der Waals surface area contributed by atoms with Gasteiger partial charge in [0.15, 0.2) is 0 Å². The molecule has 6 heteroatoms. The van der Waals surface area contributed by atoms with Gasteiger partial charge in [-0.1, -0.05) is 6.08 Å². The minimum Gasteiger partial charge on any atom is -0.481 e. The maximum atomic E-state index is 10.5. The van der Waals surface area contributed by atoms with Crippen LogP contribution in [0.4, 0.5) is 5.69 Å². The highest BCUT2D eigenvalue weighted by molar-refractivity contribution is 5.70. The van der Waals surface area contributed by atoms with E-state index in [2.05, 4.69) is 4.98 Å². The molecule has 0 saturated heterocycles. The van der Waals surface area contributed by atoms with E-state index < -0.39 is 10.9 Å². The van der Waals surface area contributed by atoms with Crippen molar-refractivity contribution in [1.82, 2.24) is 4.98 Å². The molecule has 1 aromatic rings. The molecule has 0 fully saturated rings. The second-order valence-electron chi connectivity index (χ2n) is 2.67. The smallest absolute Gasteiger partial charge is 0.307 e. The van der Waals surface area contributed by atoms with Crippen LogP contribution in [0.1, 0.15) is 12.1 Å².